The number of nitrogens with zero attached hydrogens (tertiary/aromatic N) is 4. The smallest absolute Gasteiger partial charge is 0.447 e. The molecule has 0 saturated heterocycles. The van der Waals surface area contributed by atoms with Gasteiger partial charge in [0.1, 0.15) is 57.7 Å². The number of aromatic hydroxyl groups is 6. The van der Waals surface area contributed by atoms with Crippen LogP contribution in [0.1, 0.15) is 33.4 Å². The minimum absolute atomic E-state index is 0.00662. The van der Waals surface area contributed by atoms with E-state index in [2.05, 4.69) is 131 Å². The maximum absolute atomic E-state index is 12.3. The first kappa shape index (κ1) is 84.2. The Labute approximate surface area is 611 Å². The lowest BCUT2D eigenvalue weighted by Gasteiger charge is -2.09. The topological polar surface area (TPSA) is 471 Å². The van der Waals surface area contributed by atoms with E-state index >= 15 is 0 Å². The number of oxime groups is 3. The summed E-state index contributed by atoms with van der Waals surface area (Å²) in [6, 6.07) is 26.7. The quantitative estimate of drug-likeness (QED) is 0.00509. The first-order valence-electron chi connectivity index (χ1n) is 27.2. The third-order valence-corrected chi connectivity index (χ3v) is 18.3. The maximum atomic E-state index is 12.3. The number of aliphatic imine (C=N–C) groups is 1. The molecule has 0 aromatic heterocycles. The van der Waals surface area contributed by atoms with Crippen LogP contribution in [0.3, 0.4) is 0 Å². The monoisotopic (exact) mass is 1790 g/mol. The summed E-state index contributed by atoms with van der Waals surface area (Å²) in [6.45, 7) is 0.704. The van der Waals surface area contributed by atoms with E-state index in [-0.39, 0.29) is 95.9 Å². The Hall–Kier alpha value is -7.98. The van der Waals surface area contributed by atoms with E-state index in [1.165, 1.54) is 82.3 Å². The molecule has 0 fully saturated rings. The molecule has 6 aromatic carbocycles. The van der Waals surface area contributed by atoms with Crippen molar-refractivity contribution in [2.45, 2.75) is 57.0 Å². The van der Waals surface area contributed by atoms with Gasteiger partial charge in [0.15, 0.2) is 5.71 Å². The van der Waals surface area contributed by atoms with E-state index in [1.54, 1.807) is 48.5 Å². The van der Waals surface area contributed by atoms with Gasteiger partial charge in [-0.1, -0.05) is 73.5 Å². The number of amides is 2. The highest BCUT2D eigenvalue weighted by molar-refractivity contribution is 9.11. The largest absolute Gasteiger partial charge is 0.507 e. The SMILES string of the molecule is NC(Cc1ccc(O)c(Br)c1)C(=O)O.O=C(NCCSSCCNC(=O)/C(Cc1ccc(O)c(Br)c1)=N/O)/C(Cc1ccc(O)c(Br)c1)=N/O.O=C(O)/C(Cc1ccc(O)c(Br)c1)=N/O.O=C(O)C(=O)Cc1ccc(O)c(Br)c1.O=C1OC(C(F)(F)F)N=C1Cc1ccc(O)c(Br)c1. The number of ketones is 1. The number of nitrogens with two attached hydrogens (primary N) is 1. The number of cyclic esters (lactones) is 1. The number of hydrogen-bond donors (Lipinski definition) is 15. The Balaban J connectivity index is 0.000000341. The fraction of sp³-hybridized carbons (Fsp3) is 0.217. The number of phenolic OH excluding ortho intramolecular Hbond substituents is 6. The standard InChI is InChI=1S/C22H24Br2N4O6S2.C11H7BrF3NO3.C9H8BrNO4.C9H10BrNO3.C9H7BrO4/c23-15-9-13(1-3-19(15)29)11-17(27-33)21(31)25-5-7-35-36-8-6-26-22(32)18(28-34)12-14-2-4-20(30)16(24)10-14;12-6-3-5(1-2-8(6)17)4-7-9(18)19-10(16-7)11(13,14)15;10-6-3-5(1-2-8(6)12)4-7(11-15)9(13)14;10-6-3-5(1-2-8(6)12)4-7(11)9(13)14;10-6-3-5(1-2-7(6)11)4-8(12)9(13)14/h1-4,9-10,29-30,33-34H,5-8,11-12H2,(H,25,31)(H,26,32);1-3,10,17H,4H2;1-3,12,15H,4H2,(H,13,14);1-3,7,12H,4,11H2,(H,13,14);1-3,11H,4H2,(H,13,14)/b27-17+,28-18+;;11-7+;;. The number of carboxylic acid groups (broad SMARTS) is 3. The zero-order valence-corrected chi connectivity index (χ0v) is 61.0. The number of halogens is 9. The predicted octanol–water partition coefficient (Wildman–Crippen LogP) is 10.3. The summed E-state index contributed by atoms with van der Waals surface area (Å²) in [5.41, 5.74) is 8.47. The molecule has 0 radical (unpaired) electrons. The van der Waals surface area contributed by atoms with Gasteiger partial charge in [-0.25, -0.2) is 19.4 Å². The van der Waals surface area contributed by atoms with Gasteiger partial charge in [-0.3, -0.25) is 19.2 Å². The molecule has 38 heteroatoms. The summed E-state index contributed by atoms with van der Waals surface area (Å²) >= 11 is 18.8. The first-order valence-corrected chi connectivity index (χ1v) is 34.4. The maximum Gasteiger partial charge on any atom is 0.447 e. The molecular weight excluding hydrogens is 1740 g/mol. The van der Waals surface area contributed by atoms with Crippen LogP contribution in [0.25, 0.3) is 0 Å². The highest BCUT2D eigenvalue weighted by atomic mass is 79.9. The molecule has 0 bridgehead atoms. The van der Waals surface area contributed by atoms with Crippen molar-refractivity contribution >= 4 is 181 Å². The van der Waals surface area contributed by atoms with Gasteiger partial charge in [0.05, 0.1) is 26.8 Å². The lowest BCUT2D eigenvalue weighted by Crippen LogP contribution is -2.34. The molecule has 0 aliphatic carbocycles. The third-order valence-electron chi connectivity index (χ3n) is 12.1. The fourth-order valence-electron chi connectivity index (χ4n) is 7.21. The van der Waals surface area contributed by atoms with Crippen molar-refractivity contribution in [3.8, 4) is 34.5 Å². The normalized spacial score (nSPS) is 13.0. The molecule has 0 spiro atoms. The van der Waals surface area contributed by atoms with Crippen molar-refractivity contribution in [2.75, 3.05) is 24.6 Å². The molecule has 27 nitrogen and oxygen atoms in total. The molecule has 0 saturated carbocycles. The van der Waals surface area contributed by atoms with Gasteiger partial charge in [-0.05, 0) is 208 Å². The lowest BCUT2D eigenvalue weighted by molar-refractivity contribution is -0.210. The highest BCUT2D eigenvalue weighted by Gasteiger charge is 2.47. The van der Waals surface area contributed by atoms with Crippen molar-refractivity contribution in [1.82, 2.24) is 10.6 Å². The molecule has 2 unspecified atom stereocenters. The Morgan fingerprint density at radius 1 is 0.510 bits per heavy atom. The van der Waals surface area contributed by atoms with Crippen LogP contribution in [0.5, 0.6) is 34.5 Å². The molecule has 7 rings (SSSR count). The van der Waals surface area contributed by atoms with Crippen molar-refractivity contribution in [2.24, 2.45) is 26.2 Å². The zero-order chi connectivity index (χ0) is 73.6. The van der Waals surface area contributed by atoms with Crippen LogP contribution in [-0.4, -0.2) is 169 Å². The molecule has 16 N–H and O–H groups in total. The van der Waals surface area contributed by atoms with Crippen LogP contribution >= 0.6 is 117 Å². The predicted molar refractivity (Wildman–Crippen MR) is 375 cm³/mol. The number of ether oxygens (including phenoxy) is 1. The molecule has 98 heavy (non-hydrogen) atoms. The van der Waals surface area contributed by atoms with Gasteiger partial charge in [-0.2, -0.15) is 13.2 Å². The molecule has 526 valence electrons. The van der Waals surface area contributed by atoms with Crippen molar-refractivity contribution in [3.63, 3.8) is 0 Å². The van der Waals surface area contributed by atoms with Crippen molar-refractivity contribution in [3.05, 3.63) is 169 Å². The summed E-state index contributed by atoms with van der Waals surface area (Å²) in [7, 11) is 3.00. The number of hydrogen-bond acceptors (Lipinski definition) is 24. The Morgan fingerprint density at radius 3 is 1.13 bits per heavy atom. The number of aliphatic carboxylic acids is 3. The summed E-state index contributed by atoms with van der Waals surface area (Å²) in [5.74, 6) is -5.13. The molecular formula is C60H56Br6F3N7O20S2. The summed E-state index contributed by atoms with van der Waals surface area (Å²) in [4.78, 5) is 81.0. The minimum atomic E-state index is -4.70. The van der Waals surface area contributed by atoms with Gasteiger partial charge in [0, 0.05) is 56.7 Å². The molecule has 1 aliphatic rings. The van der Waals surface area contributed by atoms with Crippen LogP contribution in [0, 0.1) is 0 Å². The molecule has 1 heterocycles. The number of phenols is 6. The van der Waals surface area contributed by atoms with E-state index in [0.717, 1.165) is 5.56 Å². The number of carbonyl (C=O) groups is 7. The average molecular weight is 1800 g/mol. The Kier molecular flexibility index (Phi) is 36.2. The number of nitrogens with one attached hydrogen (secondary N) is 2. The average Bonchev–Trinajstić information content (AvgIpc) is 1.68. The molecule has 1 aliphatic heterocycles. The third kappa shape index (κ3) is 30.0. The summed E-state index contributed by atoms with van der Waals surface area (Å²) in [6.07, 6.45) is -6.95. The van der Waals surface area contributed by atoms with Crippen LogP contribution in [0.4, 0.5) is 13.2 Å². The molecule has 2 atom stereocenters. The van der Waals surface area contributed by atoms with Crippen molar-refractivity contribution in [1.29, 1.82) is 0 Å². The zero-order valence-electron chi connectivity index (χ0n) is 49.8. The van der Waals surface area contributed by atoms with E-state index < -0.39 is 59.9 Å². The van der Waals surface area contributed by atoms with E-state index in [1.807, 2.05) is 0 Å². The van der Waals surface area contributed by atoms with E-state index in [9.17, 15) is 82.7 Å². The first-order chi connectivity index (χ1) is 46.1. The van der Waals surface area contributed by atoms with Gasteiger partial charge >= 0.3 is 30.1 Å². The molecule has 6 aromatic rings. The number of benzene rings is 6. The van der Waals surface area contributed by atoms with Crippen LogP contribution in [-0.2, 0) is 76.8 Å². The van der Waals surface area contributed by atoms with Gasteiger partial charge in [0.25, 0.3) is 18.0 Å². The number of esters is 1. The highest BCUT2D eigenvalue weighted by Crippen LogP contribution is 2.32. The second-order valence-electron chi connectivity index (χ2n) is 19.5. The number of carboxylic acids is 3. The van der Waals surface area contributed by atoms with Crippen LogP contribution < -0.4 is 16.4 Å². The van der Waals surface area contributed by atoms with Crippen LogP contribution in [0.2, 0.25) is 0 Å². The van der Waals surface area contributed by atoms with Crippen molar-refractivity contribution < 1.29 is 113 Å². The van der Waals surface area contributed by atoms with Gasteiger partial charge in [-0.15, -0.1) is 0 Å². The van der Waals surface area contributed by atoms with Gasteiger partial charge in [0.2, 0.25) is 5.78 Å². The Bertz CT molecular complexity index is 3880. The van der Waals surface area contributed by atoms with E-state index in [0.29, 0.717) is 79.2 Å². The minimum Gasteiger partial charge on any atom is -0.507 e. The number of rotatable bonds is 24. The molecule has 2 amide bonds. The van der Waals surface area contributed by atoms with Gasteiger partial charge < -0.3 is 82.7 Å². The summed E-state index contributed by atoms with van der Waals surface area (Å²) < 4.78 is 43.9. The lowest BCUT2D eigenvalue weighted by atomic mass is 10.1. The van der Waals surface area contributed by atoms with Crippen LogP contribution in [0.15, 0.2) is 156 Å². The Morgan fingerprint density at radius 2 is 0.827 bits per heavy atom. The number of alkyl halides is 3. The second kappa shape index (κ2) is 42.1. The summed E-state index contributed by atoms with van der Waals surface area (Å²) in [5, 5.41) is 122. The second-order valence-corrected chi connectivity index (χ2v) is 27.3. The van der Waals surface area contributed by atoms with E-state index in [4.69, 9.17) is 31.4 Å². The fourth-order valence-corrected chi connectivity index (χ4v) is 11.6. The number of Topliss-reactive ketones (excluding diaryl/α,β-unsaturated/α-hetero) is 1. The number of carbonyl (C=O) groups excluding carboxylic acids is 4.